The van der Waals surface area contributed by atoms with Crippen molar-refractivity contribution < 1.29 is 0 Å². The van der Waals surface area contributed by atoms with Gasteiger partial charge in [0.2, 0.25) is 0 Å². The summed E-state index contributed by atoms with van der Waals surface area (Å²) in [6.07, 6.45) is 2.57. The van der Waals surface area contributed by atoms with Crippen molar-refractivity contribution in [3.05, 3.63) is 24.3 Å². The molecule has 16 heavy (non-hydrogen) atoms. The molecule has 2 heterocycles. The summed E-state index contributed by atoms with van der Waals surface area (Å²) in [5.74, 6) is 0. The minimum absolute atomic E-state index is 0.618. The Labute approximate surface area is 98.9 Å². The number of benzene rings is 1. The predicted molar refractivity (Wildman–Crippen MR) is 69.1 cm³/mol. The van der Waals surface area contributed by atoms with Crippen LogP contribution < -0.4 is 10.6 Å². The van der Waals surface area contributed by atoms with Crippen molar-refractivity contribution in [2.45, 2.75) is 18.9 Å². The molecular formula is C12H15N3S. The molecule has 0 bridgehead atoms. The molecule has 84 valence electrons. The Bertz CT molecular complexity index is 441. The van der Waals surface area contributed by atoms with E-state index in [2.05, 4.69) is 33.8 Å². The van der Waals surface area contributed by atoms with Crippen LogP contribution in [0.25, 0.3) is 10.2 Å². The van der Waals surface area contributed by atoms with E-state index in [4.69, 9.17) is 0 Å². The number of thiazole rings is 1. The van der Waals surface area contributed by atoms with Gasteiger partial charge in [-0.2, -0.15) is 0 Å². The Morgan fingerprint density at radius 3 is 3.19 bits per heavy atom. The van der Waals surface area contributed by atoms with Gasteiger partial charge in [-0.25, -0.2) is 4.98 Å². The minimum atomic E-state index is 0.618. The van der Waals surface area contributed by atoms with Gasteiger partial charge in [-0.3, -0.25) is 0 Å². The first kappa shape index (κ1) is 10.1. The van der Waals surface area contributed by atoms with E-state index in [9.17, 15) is 0 Å². The zero-order valence-electron chi connectivity index (χ0n) is 9.07. The summed E-state index contributed by atoms with van der Waals surface area (Å²) >= 11 is 1.73. The van der Waals surface area contributed by atoms with Crippen LogP contribution in [0.4, 0.5) is 5.13 Å². The zero-order valence-corrected chi connectivity index (χ0v) is 9.89. The monoisotopic (exact) mass is 233 g/mol. The summed E-state index contributed by atoms with van der Waals surface area (Å²) in [6, 6.07) is 8.89. The molecule has 1 atom stereocenters. The Morgan fingerprint density at radius 1 is 1.44 bits per heavy atom. The van der Waals surface area contributed by atoms with Crippen LogP contribution in [0.3, 0.4) is 0 Å². The summed E-state index contributed by atoms with van der Waals surface area (Å²) in [5.41, 5.74) is 1.09. The molecule has 0 radical (unpaired) electrons. The van der Waals surface area contributed by atoms with E-state index >= 15 is 0 Å². The van der Waals surface area contributed by atoms with Crippen LogP contribution in [0.5, 0.6) is 0 Å². The number of aromatic nitrogens is 1. The highest BCUT2D eigenvalue weighted by Crippen LogP contribution is 2.25. The van der Waals surface area contributed by atoms with Crippen LogP contribution in [-0.4, -0.2) is 24.1 Å². The van der Waals surface area contributed by atoms with Gasteiger partial charge in [0.25, 0.3) is 0 Å². The third-order valence-electron chi connectivity index (χ3n) is 2.96. The summed E-state index contributed by atoms with van der Waals surface area (Å²) < 4.78 is 1.25. The van der Waals surface area contributed by atoms with Crippen LogP contribution in [0.2, 0.25) is 0 Å². The summed E-state index contributed by atoms with van der Waals surface area (Å²) in [6.45, 7) is 2.14. The maximum absolute atomic E-state index is 4.55. The molecule has 1 aliphatic rings. The molecule has 0 amide bonds. The van der Waals surface area contributed by atoms with Crippen molar-refractivity contribution in [2.24, 2.45) is 0 Å². The molecule has 1 aromatic carbocycles. The first-order valence-corrected chi connectivity index (χ1v) is 6.56. The lowest BCUT2D eigenvalue weighted by atomic mass is 10.2. The van der Waals surface area contributed by atoms with Gasteiger partial charge in [0.1, 0.15) is 0 Å². The maximum atomic E-state index is 4.55. The predicted octanol–water partition coefficient (Wildman–Crippen LogP) is 2.46. The van der Waals surface area contributed by atoms with E-state index in [0.29, 0.717) is 6.04 Å². The van der Waals surface area contributed by atoms with E-state index in [0.717, 1.165) is 23.7 Å². The Morgan fingerprint density at radius 2 is 2.38 bits per heavy atom. The number of nitrogens with zero attached hydrogens (tertiary/aromatic N) is 1. The topological polar surface area (TPSA) is 37.0 Å². The molecule has 0 aliphatic carbocycles. The number of hydrogen-bond acceptors (Lipinski definition) is 4. The van der Waals surface area contributed by atoms with Crippen molar-refractivity contribution in [1.29, 1.82) is 0 Å². The summed E-state index contributed by atoms with van der Waals surface area (Å²) in [5, 5.41) is 7.93. The molecule has 1 saturated heterocycles. The standard InChI is InChI=1S/C12H15N3S/c1-2-6-11-10(5-1)15-12(16-11)14-8-9-4-3-7-13-9/h1-2,5-6,9,13H,3-4,7-8H2,(H,14,15)/t9-/m0/s1. The molecule has 1 fully saturated rings. The molecule has 4 heteroatoms. The number of rotatable bonds is 3. The van der Waals surface area contributed by atoms with Gasteiger partial charge < -0.3 is 10.6 Å². The Balaban J connectivity index is 1.69. The summed E-state index contributed by atoms with van der Waals surface area (Å²) in [7, 11) is 0. The fourth-order valence-corrected chi connectivity index (χ4v) is 2.96. The molecule has 3 rings (SSSR count). The number of anilines is 1. The second-order valence-electron chi connectivity index (χ2n) is 4.16. The number of hydrogen-bond donors (Lipinski definition) is 2. The third kappa shape index (κ3) is 2.03. The molecule has 0 unspecified atom stereocenters. The van der Waals surface area contributed by atoms with E-state index in [-0.39, 0.29) is 0 Å². The fraction of sp³-hybridized carbons (Fsp3) is 0.417. The average Bonchev–Trinajstić information content (AvgIpc) is 2.95. The van der Waals surface area contributed by atoms with Crippen molar-refractivity contribution in [1.82, 2.24) is 10.3 Å². The Kier molecular flexibility index (Phi) is 2.76. The second kappa shape index (κ2) is 4.39. The fourth-order valence-electron chi connectivity index (χ4n) is 2.09. The van der Waals surface area contributed by atoms with Gasteiger partial charge in [-0.15, -0.1) is 0 Å². The lowest BCUT2D eigenvalue weighted by molar-refractivity contribution is 0.633. The zero-order chi connectivity index (χ0) is 10.8. The molecule has 1 aromatic heterocycles. The van der Waals surface area contributed by atoms with Crippen LogP contribution in [0, 0.1) is 0 Å². The van der Waals surface area contributed by atoms with Crippen molar-refractivity contribution >= 4 is 26.7 Å². The molecule has 0 saturated carbocycles. The normalized spacial score (nSPS) is 20.4. The lowest BCUT2D eigenvalue weighted by Crippen LogP contribution is -2.29. The van der Waals surface area contributed by atoms with Gasteiger partial charge in [-0.05, 0) is 31.5 Å². The van der Waals surface area contributed by atoms with E-state index < -0.39 is 0 Å². The SMILES string of the molecule is c1ccc2sc(NC[C@@H]3CCCN3)nc2c1. The molecule has 3 nitrogen and oxygen atoms in total. The van der Waals surface area contributed by atoms with Gasteiger partial charge in [0, 0.05) is 12.6 Å². The molecule has 2 N–H and O–H groups in total. The van der Waals surface area contributed by atoms with Crippen LogP contribution in [0.15, 0.2) is 24.3 Å². The smallest absolute Gasteiger partial charge is 0.183 e. The van der Waals surface area contributed by atoms with Gasteiger partial charge in [0.15, 0.2) is 5.13 Å². The number of para-hydroxylation sites is 1. The largest absolute Gasteiger partial charge is 0.360 e. The van der Waals surface area contributed by atoms with Gasteiger partial charge in [0.05, 0.1) is 10.2 Å². The highest BCUT2D eigenvalue weighted by Gasteiger charge is 2.13. The first-order valence-electron chi connectivity index (χ1n) is 5.75. The molecular weight excluding hydrogens is 218 g/mol. The first-order chi connectivity index (χ1) is 7.92. The van der Waals surface area contributed by atoms with Crippen LogP contribution in [-0.2, 0) is 0 Å². The van der Waals surface area contributed by atoms with Crippen molar-refractivity contribution in [2.75, 3.05) is 18.4 Å². The highest BCUT2D eigenvalue weighted by atomic mass is 32.1. The highest BCUT2D eigenvalue weighted by molar-refractivity contribution is 7.22. The number of fused-ring (bicyclic) bond motifs is 1. The summed E-state index contributed by atoms with van der Waals surface area (Å²) in [4.78, 5) is 4.55. The van der Waals surface area contributed by atoms with E-state index in [1.165, 1.54) is 17.5 Å². The van der Waals surface area contributed by atoms with Gasteiger partial charge >= 0.3 is 0 Å². The minimum Gasteiger partial charge on any atom is -0.360 e. The third-order valence-corrected chi connectivity index (χ3v) is 3.95. The Hall–Kier alpha value is -1.13. The van der Waals surface area contributed by atoms with Crippen molar-refractivity contribution in [3.8, 4) is 0 Å². The van der Waals surface area contributed by atoms with Crippen LogP contribution >= 0.6 is 11.3 Å². The quantitative estimate of drug-likeness (QED) is 0.855. The van der Waals surface area contributed by atoms with Crippen LogP contribution in [0.1, 0.15) is 12.8 Å². The average molecular weight is 233 g/mol. The van der Waals surface area contributed by atoms with Crippen molar-refractivity contribution in [3.63, 3.8) is 0 Å². The molecule has 2 aromatic rings. The second-order valence-corrected chi connectivity index (χ2v) is 5.19. The lowest BCUT2D eigenvalue weighted by Gasteiger charge is -2.09. The van der Waals surface area contributed by atoms with E-state index in [1.54, 1.807) is 11.3 Å². The molecule has 0 spiro atoms. The number of nitrogens with one attached hydrogen (secondary N) is 2. The molecule has 1 aliphatic heterocycles. The maximum Gasteiger partial charge on any atom is 0.183 e. The van der Waals surface area contributed by atoms with E-state index in [1.807, 2.05) is 6.07 Å². The van der Waals surface area contributed by atoms with Gasteiger partial charge in [-0.1, -0.05) is 23.5 Å².